The van der Waals surface area contributed by atoms with E-state index in [1.807, 2.05) is 0 Å². The van der Waals surface area contributed by atoms with Gasteiger partial charge in [0.05, 0.1) is 7.11 Å². The third kappa shape index (κ3) is 6.70. The Balaban J connectivity index is 4.37. The first-order chi connectivity index (χ1) is 6.45. The zero-order valence-corrected chi connectivity index (χ0v) is 9.96. The number of methoxy groups -OCH3 is 1. The van der Waals surface area contributed by atoms with Crippen LogP contribution in [0.3, 0.4) is 0 Å². The first kappa shape index (κ1) is 13.2. The maximum Gasteiger partial charge on any atom is 0.330 e. The van der Waals surface area contributed by atoms with E-state index >= 15 is 0 Å². The maximum atomic E-state index is 11.1. The fourth-order valence-electron chi connectivity index (χ4n) is 1.48. The molecule has 0 heterocycles. The van der Waals surface area contributed by atoms with E-state index in [4.69, 9.17) is 0 Å². The van der Waals surface area contributed by atoms with Gasteiger partial charge in [0.1, 0.15) is 0 Å². The molecule has 0 aromatic heterocycles. The number of carbonyl (C=O) groups is 1. The summed E-state index contributed by atoms with van der Waals surface area (Å²) in [6.45, 7) is 8.63. The smallest absolute Gasteiger partial charge is 0.330 e. The minimum Gasteiger partial charge on any atom is -0.466 e. The molecule has 0 unspecified atom stereocenters. The van der Waals surface area contributed by atoms with Gasteiger partial charge in [0.15, 0.2) is 0 Å². The van der Waals surface area contributed by atoms with Gasteiger partial charge < -0.3 is 4.74 Å². The average molecular weight is 198 g/mol. The summed E-state index contributed by atoms with van der Waals surface area (Å²) in [6, 6.07) is 0. The molecule has 0 aromatic carbocycles. The fraction of sp³-hybridized carbons (Fsp3) is 0.750. The number of ether oxygens (including phenoxy) is 1. The lowest BCUT2D eigenvalue weighted by Crippen LogP contribution is -2.02. The SMILES string of the molecule is COC(=O)C=C(CC(C)C)CC(C)C. The van der Waals surface area contributed by atoms with Crippen molar-refractivity contribution in [2.75, 3.05) is 7.11 Å². The summed E-state index contributed by atoms with van der Waals surface area (Å²) in [5, 5.41) is 0. The summed E-state index contributed by atoms with van der Waals surface area (Å²) in [6.07, 6.45) is 3.60. The van der Waals surface area contributed by atoms with Crippen molar-refractivity contribution in [2.24, 2.45) is 11.8 Å². The second-order valence-corrected chi connectivity index (χ2v) is 4.52. The van der Waals surface area contributed by atoms with Crippen molar-refractivity contribution < 1.29 is 9.53 Å². The Morgan fingerprint density at radius 2 is 1.57 bits per heavy atom. The summed E-state index contributed by atoms with van der Waals surface area (Å²) in [4.78, 5) is 11.1. The lowest BCUT2D eigenvalue weighted by atomic mass is 9.95. The molecular weight excluding hydrogens is 176 g/mol. The Morgan fingerprint density at radius 1 is 1.14 bits per heavy atom. The molecule has 0 saturated heterocycles. The molecule has 2 nitrogen and oxygen atoms in total. The topological polar surface area (TPSA) is 26.3 Å². The van der Waals surface area contributed by atoms with E-state index in [9.17, 15) is 4.79 Å². The van der Waals surface area contributed by atoms with Crippen molar-refractivity contribution in [3.05, 3.63) is 11.6 Å². The molecule has 0 aliphatic heterocycles. The molecule has 0 fully saturated rings. The minimum atomic E-state index is -0.235. The fourth-order valence-corrected chi connectivity index (χ4v) is 1.48. The third-order valence-corrected chi connectivity index (χ3v) is 1.86. The highest BCUT2D eigenvalue weighted by Gasteiger charge is 2.06. The van der Waals surface area contributed by atoms with Crippen LogP contribution < -0.4 is 0 Å². The lowest BCUT2D eigenvalue weighted by Gasteiger charge is -2.12. The highest BCUT2D eigenvalue weighted by molar-refractivity contribution is 5.82. The van der Waals surface area contributed by atoms with Gasteiger partial charge in [-0.3, -0.25) is 0 Å². The van der Waals surface area contributed by atoms with Gasteiger partial charge in [0.2, 0.25) is 0 Å². The number of esters is 1. The van der Waals surface area contributed by atoms with E-state index < -0.39 is 0 Å². The van der Waals surface area contributed by atoms with E-state index in [2.05, 4.69) is 32.4 Å². The molecule has 2 heteroatoms. The number of rotatable bonds is 5. The van der Waals surface area contributed by atoms with Crippen LogP contribution in [0.2, 0.25) is 0 Å². The molecule has 0 spiro atoms. The summed E-state index contributed by atoms with van der Waals surface area (Å²) >= 11 is 0. The minimum absolute atomic E-state index is 0.235. The quantitative estimate of drug-likeness (QED) is 0.501. The summed E-state index contributed by atoms with van der Waals surface area (Å²) in [5.74, 6) is 0.940. The van der Waals surface area contributed by atoms with Gasteiger partial charge in [0, 0.05) is 6.08 Å². The van der Waals surface area contributed by atoms with Crippen LogP contribution in [0.5, 0.6) is 0 Å². The molecule has 0 amide bonds. The summed E-state index contributed by atoms with van der Waals surface area (Å²) in [5.41, 5.74) is 1.20. The molecule has 0 bridgehead atoms. The van der Waals surface area contributed by atoms with Crippen LogP contribution in [0.25, 0.3) is 0 Å². The molecule has 0 aliphatic rings. The van der Waals surface area contributed by atoms with Crippen molar-refractivity contribution in [1.82, 2.24) is 0 Å². The molecule has 0 aliphatic carbocycles. The Kier molecular flexibility index (Phi) is 6.26. The van der Waals surface area contributed by atoms with E-state index in [1.165, 1.54) is 12.7 Å². The second kappa shape index (κ2) is 6.63. The predicted molar refractivity (Wildman–Crippen MR) is 59.0 cm³/mol. The average Bonchev–Trinajstić information content (AvgIpc) is 2.01. The Bertz CT molecular complexity index is 190. The molecular formula is C12H22O2. The van der Waals surface area contributed by atoms with Gasteiger partial charge >= 0.3 is 5.97 Å². The number of carbonyl (C=O) groups excluding carboxylic acids is 1. The monoisotopic (exact) mass is 198 g/mol. The number of allylic oxidation sites excluding steroid dienone is 1. The van der Waals surface area contributed by atoms with Crippen molar-refractivity contribution >= 4 is 5.97 Å². The molecule has 0 radical (unpaired) electrons. The molecule has 0 rings (SSSR count). The number of hydrogen-bond donors (Lipinski definition) is 0. The van der Waals surface area contributed by atoms with Gasteiger partial charge in [-0.2, -0.15) is 0 Å². The van der Waals surface area contributed by atoms with Gasteiger partial charge in [-0.05, 0) is 24.7 Å². The van der Waals surface area contributed by atoms with Crippen LogP contribution in [0.15, 0.2) is 11.6 Å². The molecule has 14 heavy (non-hydrogen) atoms. The normalized spacial score (nSPS) is 10.5. The van der Waals surface area contributed by atoms with Crippen LogP contribution in [-0.4, -0.2) is 13.1 Å². The van der Waals surface area contributed by atoms with Crippen molar-refractivity contribution in [3.63, 3.8) is 0 Å². The van der Waals surface area contributed by atoms with Gasteiger partial charge in [-0.15, -0.1) is 0 Å². The van der Waals surface area contributed by atoms with Crippen LogP contribution in [-0.2, 0) is 9.53 Å². The van der Waals surface area contributed by atoms with Crippen LogP contribution in [0.1, 0.15) is 40.5 Å². The van der Waals surface area contributed by atoms with Gasteiger partial charge in [0.25, 0.3) is 0 Å². The third-order valence-electron chi connectivity index (χ3n) is 1.86. The van der Waals surface area contributed by atoms with Crippen LogP contribution >= 0.6 is 0 Å². The first-order valence-electron chi connectivity index (χ1n) is 5.23. The first-order valence-corrected chi connectivity index (χ1v) is 5.23. The van der Waals surface area contributed by atoms with Crippen LogP contribution in [0, 0.1) is 11.8 Å². The van der Waals surface area contributed by atoms with Crippen molar-refractivity contribution in [3.8, 4) is 0 Å². The Morgan fingerprint density at radius 3 is 1.86 bits per heavy atom. The molecule has 0 saturated carbocycles. The standard InChI is InChI=1S/C12H22O2/c1-9(2)6-11(7-10(3)4)8-12(13)14-5/h8-10H,6-7H2,1-5H3. The molecule has 0 atom stereocenters. The zero-order valence-electron chi connectivity index (χ0n) is 9.96. The molecule has 0 N–H and O–H groups in total. The largest absolute Gasteiger partial charge is 0.466 e. The zero-order chi connectivity index (χ0) is 11.1. The van der Waals surface area contributed by atoms with E-state index in [0.29, 0.717) is 11.8 Å². The van der Waals surface area contributed by atoms with Gasteiger partial charge in [-0.1, -0.05) is 33.3 Å². The van der Waals surface area contributed by atoms with Crippen molar-refractivity contribution in [1.29, 1.82) is 0 Å². The molecule has 0 aromatic rings. The van der Waals surface area contributed by atoms with Crippen LogP contribution in [0.4, 0.5) is 0 Å². The highest BCUT2D eigenvalue weighted by Crippen LogP contribution is 2.18. The summed E-state index contributed by atoms with van der Waals surface area (Å²) in [7, 11) is 1.42. The van der Waals surface area contributed by atoms with E-state index in [-0.39, 0.29) is 5.97 Å². The Labute approximate surface area is 87.3 Å². The maximum absolute atomic E-state index is 11.1. The molecule has 82 valence electrons. The predicted octanol–water partition coefficient (Wildman–Crippen LogP) is 3.18. The lowest BCUT2D eigenvalue weighted by molar-refractivity contribution is -0.134. The number of hydrogen-bond acceptors (Lipinski definition) is 2. The van der Waals surface area contributed by atoms with E-state index in [0.717, 1.165) is 12.8 Å². The van der Waals surface area contributed by atoms with Crippen molar-refractivity contribution in [2.45, 2.75) is 40.5 Å². The van der Waals surface area contributed by atoms with E-state index in [1.54, 1.807) is 6.08 Å². The highest BCUT2D eigenvalue weighted by atomic mass is 16.5. The second-order valence-electron chi connectivity index (χ2n) is 4.52. The summed E-state index contributed by atoms with van der Waals surface area (Å²) < 4.78 is 4.63. The Hall–Kier alpha value is -0.790. The van der Waals surface area contributed by atoms with Gasteiger partial charge in [-0.25, -0.2) is 4.79 Å².